The lowest BCUT2D eigenvalue weighted by Gasteiger charge is -2.44. The van der Waals surface area contributed by atoms with E-state index in [1.165, 1.54) is 28.6 Å². The van der Waals surface area contributed by atoms with Crippen LogP contribution in [0.15, 0.2) is 41.3 Å². The van der Waals surface area contributed by atoms with E-state index in [2.05, 4.69) is 4.98 Å². The van der Waals surface area contributed by atoms with E-state index in [0.29, 0.717) is 11.3 Å². The van der Waals surface area contributed by atoms with E-state index in [-0.39, 0.29) is 36.2 Å². The van der Waals surface area contributed by atoms with E-state index in [9.17, 15) is 17.6 Å². The van der Waals surface area contributed by atoms with Crippen molar-refractivity contribution in [2.24, 2.45) is 0 Å². The van der Waals surface area contributed by atoms with Crippen LogP contribution in [-0.4, -0.2) is 55.0 Å². The van der Waals surface area contributed by atoms with Crippen LogP contribution in [-0.2, 0) is 15.6 Å². The second-order valence-corrected chi connectivity index (χ2v) is 9.08. The first-order valence-electron chi connectivity index (χ1n) is 8.86. The zero-order valence-electron chi connectivity index (χ0n) is 15.6. The first kappa shape index (κ1) is 18.8. The molecule has 2 aromatic rings. The fraction of sp³-hybridized carbons (Fsp3) is 0.368. The lowest BCUT2D eigenvalue weighted by Crippen LogP contribution is -2.58. The van der Waals surface area contributed by atoms with Gasteiger partial charge in [-0.3, -0.25) is 9.78 Å². The first-order valence-corrected chi connectivity index (χ1v) is 10.3. The van der Waals surface area contributed by atoms with Crippen molar-refractivity contribution in [1.82, 2.24) is 14.2 Å². The molecule has 3 heterocycles. The number of sulfonamides is 1. The summed E-state index contributed by atoms with van der Waals surface area (Å²) in [7, 11) is -3.84. The number of amides is 1. The number of nitrogens with zero attached hydrogens (tertiary/aromatic N) is 3. The highest BCUT2D eigenvalue weighted by atomic mass is 32.2. The average Bonchev–Trinajstić information content (AvgIpc) is 2.89. The molecular weight excluding hydrogens is 385 g/mol. The Labute approximate surface area is 162 Å². The zero-order valence-corrected chi connectivity index (χ0v) is 16.4. The summed E-state index contributed by atoms with van der Waals surface area (Å²) in [6, 6.07) is 9.29. The van der Waals surface area contributed by atoms with E-state index in [4.69, 9.17) is 4.74 Å². The van der Waals surface area contributed by atoms with Crippen LogP contribution in [0.25, 0.3) is 0 Å². The average molecular weight is 405 g/mol. The molecule has 9 heteroatoms. The molecule has 0 saturated carbocycles. The van der Waals surface area contributed by atoms with Crippen LogP contribution in [0.5, 0.6) is 5.75 Å². The second kappa shape index (κ2) is 6.52. The van der Waals surface area contributed by atoms with Gasteiger partial charge < -0.3 is 9.64 Å². The van der Waals surface area contributed by atoms with Crippen LogP contribution >= 0.6 is 0 Å². The van der Waals surface area contributed by atoms with Crippen molar-refractivity contribution in [2.75, 3.05) is 26.5 Å². The number of hydrogen-bond acceptors (Lipinski definition) is 5. The van der Waals surface area contributed by atoms with Gasteiger partial charge >= 0.3 is 0 Å². The second-order valence-electron chi connectivity index (χ2n) is 7.15. The molecule has 1 fully saturated rings. The Morgan fingerprint density at radius 2 is 2.04 bits per heavy atom. The van der Waals surface area contributed by atoms with Crippen molar-refractivity contribution in [1.29, 1.82) is 0 Å². The smallest absolute Gasteiger partial charge is 0.256 e. The number of pyridine rings is 1. The molecule has 2 aliphatic rings. The van der Waals surface area contributed by atoms with Gasteiger partial charge in [0, 0.05) is 31.4 Å². The number of hydrogen-bond donors (Lipinski definition) is 0. The molecule has 28 heavy (non-hydrogen) atoms. The molecule has 1 atom stereocenters. The summed E-state index contributed by atoms with van der Waals surface area (Å²) in [5.74, 6) is 0.0208. The van der Waals surface area contributed by atoms with Crippen LogP contribution in [0, 0.1) is 6.92 Å². The number of rotatable bonds is 4. The predicted molar refractivity (Wildman–Crippen MR) is 99.2 cm³/mol. The summed E-state index contributed by atoms with van der Waals surface area (Å²) in [6.45, 7) is 3.18. The Balaban J connectivity index is 1.71. The lowest BCUT2D eigenvalue weighted by molar-refractivity contribution is 0.0365. The van der Waals surface area contributed by atoms with E-state index < -0.39 is 22.4 Å². The molecule has 0 aliphatic carbocycles. The van der Waals surface area contributed by atoms with Crippen molar-refractivity contribution in [3.63, 3.8) is 0 Å². The third kappa shape index (κ3) is 2.77. The van der Waals surface area contributed by atoms with Crippen molar-refractivity contribution >= 4 is 15.9 Å². The maximum Gasteiger partial charge on any atom is 0.256 e. The van der Waals surface area contributed by atoms with Gasteiger partial charge in [0.1, 0.15) is 5.75 Å². The van der Waals surface area contributed by atoms with Crippen molar-refractivity contribution in [2.45, 2.75) is 24.3 Å². The number of aryl methyl sites for hydroxylation is 1. The number of ether oxygens (including phenoxy) is 1. The van der Waals surface area contributed by atoms with Crippen LogP contribution in [0.3, 0.4) is 0 Å². The summed E-state index contributed by atoms with van der Waals surface area (Å²) in [4.78, 5) is 19.0. The quantitative estimate of drug-likeness (QED) is 0.778. The normalized spacial score (nSPS) is 22.1. The highest BCUT2D eigenvalue weighted by Gasteiger charge is 2.52. The van der Waals surface area contributed by atoms with Crippen LogP contribution in [0.2, 0.25) is 0 Å². The van der Waals surface area contributed by atoms with Crippen molar-refractivity contribution in [3.05, 3.63) is 53.3 Å². The summed E-state index contributed by atoms with van der Waals surface area (Å²) in [6.07, 6.45) is 0. The van der Waals surface area contributed by atoms with Gasteiger partial charge in [-0.2, -0.15) is 4.31 Å². The molecular formula is C19H20FN3O4S. The number of halogens is 1. The molecule has 1 aromatic carbocycles. The third-order valence-corrected chi connectivity index (χ3v) is 7.18. The van der Waals surface area contributed by atoms with Crippen molar-refractivity contribution < 1.29 is 22.3 Å². The Morgan fingerprint density at radius 1 is 1.25 bits per heavy atom. The Bertz CT molecular complexity index is 1060. The molecule has 1 amide bonds. The molecule has 1 unspecified atom stereocenters. The number of aromatic nitrogens is 1. The standard InChI is InChI=1S/C19H20FN3O4S/c1-13-6-7-16-17(21-13)19(2)11-22(8-9-23(19)18(16)24)28(25,26)15-5-3-4-14(10-15)27-12-20/h3-7,10H,8-9,11-12H2,1-2H3. The minimum atomic E-state index is -3.84. The minimum absolute atomic E-state index is 0.0252. The number of carbonyl (C=O) groups excluding carboxylic acids is 1. The fourth-order valence-electron chi connectivity index (χ4n) is 3.92. The highest BCUT2D eigenvalue weighted by molar-refractivity contribution is 7.89. The molecule has 4 rings (SSSR count). The largest absolute Gasteiger partial charge is 0.463 e. The number of alkyl halides is 1. The minimum Gasteiger partial charge on any atom is -0.463 e. The SMILES string of the molecule is Cc1ccc2c(n1)C1(C)CN(S(=O)(=O)c3cccc(OCF)c3)CCN1C2=O. The van der Waals surface area contributed by atoms with Crippen molar-refractivity contribution in [3.8, 4) is 5.75 Å². The van der Waals surface area contributed by atoms with Gasteiger partial charge in [0.15, 0.2) is 0 Å². The van der Waals surface area contributed by atoms with Gasteiger partial charge in [0.2, 0.25) is 16.9 Å². The summed E-state index contributed by atoms with van der Waals surface area (Å²) < 4.78 is 44.9. The lowest BCUT2D eigenvalue weighted by atomic mass is 9.95. The van der Waals surface area contributed by atoms with Gasteiger partial charge in [-0.1, -0.05) is 6.07 Å². The van der Waals surface area contributed by atoms with E-state index in [1.807, 2.05) is 13.8 Å². The summed E-state index contributed by atoms with van der Waals surface area (Å²) in [5, 5.41) is 0. The van der Waals surface area contributed by atoms with Crippen LogP contribution in [0.1, 0.15) is 28.7 Å². The number of benzene rings is 1. The maximum atomic E-state index is 13.2. The van der Waals surface area contributed by atoms with E-state index >= 15 is 0 Å². The maximum absolute atomic E-state index is 13.2. The monoisotopic (exact) mass is 405 g/mol. The molecule has 0 spiro atoms. The molecule has 0 N–H and O–H groups in total. The summed E-state index contributed by atoms with van der Waals surface area (Å²) in [5.41, 5.74) is 1.06. The topological polar surface area (TPSA) is 79.8 Å². The molecule has 7 nitrogen and oxygen atoms in total. The number of piperazine rings is 1. The molecule has 1 aromatic heterocycles. The van der Waals surface area contributed by atoms with Gasteiger partial charge in [-0.25, -0.2) is 12.8 Å². The number of fused-ring (bicyclic) bond motifs is 3. The third-order valence-electron chi connectivity index (χ3n) is 5.34. The van der Waals surface area contributed by atoms with Crippen LogP contribution < -0.4 is 4.74 Å². The molecule has 148 valence electrons. The van der Waals surface area contributed by atoms with Crippen LogP contribution in [0.4, 0.5) is 4.39 Å². The Kier molecular flexibility index (Phi) is 4.39. The Morgan fingerprint density at radius 3 is 2.79 bits per heavy atom. The van der Waals surface area contributed by atoms with Gasteiger partial charge in [0.05, 0.1) is 21.7 Å². The van der Waals surface area contributed by atoms with E-state index in [0.717, 1.165) is 5.69 Å². The van der Waals surface area contributed by atoms with E-state index in [1.54, 1.807) is 17.0 Å². The molecule has 1 saturated heterocycles. The molecule has 0 radical (unpaired) electrons. The van der Waals surface area contributed by atoms with Gasteiger partial charge in [-0.15, -0.1) is 0 Å². The predicted octanol–water partition coefficient (Wildman–Crippen LogP) is 2.07. The molecule has 2 aliphatic heterocycles. The zero-order chi connectivity index (χ0) is 20.1. The Hall–Kier alpha value is -2.52. The highest BCUT2D eigenvalue weighted by Crippen LogP contribution is 2.41. The fourth-order valence-corrected chi connectivity index (χ4v) is 5.48. The van der Waals surface area contributed by atoms with Gasteiger partial charge in [-0.05, 0) is 38.1 Å². The summed E-state index contributed by atoms with van der Waals surface area (Å²) >= 11 is 0. The number of carbonyl (C=O) groups is 1. The van der Waals surface area contributed by atoms with Gasteiger partial charge in [0.25, 0.3) is 5.91 Å². The molecule has 0 bridgehead atoms. The first-order chi connectivity index (χ1) is 13.3.